The van der Waals surface area contributed by atoms with E-state index in [4.69, 9.17) is 10.5 Å². The number of carbonyl (C=O) groups is 2. The van der Waals surface area contributed by atoms with Gasteiger partial charge >= 0.3 is 5.97 Å². The normalized spacial score (nSPS) is 18.6. The number of aryl methyl sites for hydroxylation is 1. The third-order valence-electron chi connectivity index (χ3n) is 4.32. The van der Waals surface area contributed by atoms with Gasteiger partial charge in [-0.2, -0.15) is 0 Å². The van der Waals surface area contributed by atoms with Crippen LogP contribution in [0, 0.1) is 5.92 Å². The summed E-state index contributed by atoms with van der Waals surface area (Å²) in [5.41, 5.74) is 7.36. The molecule has 22 heavy (non-hydrogen) atoms. The maximum absolute atomic E-state index is 12.8. The highest BCUT2D eigenvalue weighted by Gasteiger charge is 2.36. The van der Waals surface area contributed by atoms with Crippen molar-refractivity contribution in [3.63, 3.8) is 0 Å². The van der Waals surface area contributed by atoms with E-state index in [1.54, 1.807) is 6.92 Å². The maximum atomic E-state index is 12.8. The van der Waals surface area contributed by atoms with Gasteiger partial charge in [-0.1, -0.05) is 20.3 Å². The first-order chi connectivity index (χ1) is 10.5. The van der Waals surface area contributed by atoms with Crippen molar-refractivity contribution in [2.24, 2.45) is 5.92 Å². The molecule has 2 rings (SSSR count). The lowest BCUT2D eigenvalue weighted by molar-refractivity contribution is -0.124. The number of hydrogen-bond acceptors (Lipinski definition) is 5. The molecule has 1 aliphatic rings. The molecule has 0 amide bonds. The number of fused-ring (bicyclic) bond motifs is 1. The largest absolute Gasteiger partial charge is 0.462 e. The number of nitrogens with two attached hydrogens (primary N) is 1. The minimum absolute atomic E-state index is 0.0251. The SMILES string of the molecule is CCCC(C)C(=O)C1CCCc2sc(N)c(C(=O)OCC)c21. The molecule has 0 aliphatic heterocycles. The summed E-state index contributed by atoms with van der Waals surface area (Å²) in [7, 11) is 0. The summed E-state index contributed by atoms with van der Waals surface area (Å²) in [6.45, 7) is 6.16. The van der Waals surface area contributed by atoms with E-state index in [0.717, 1.165) is 42.5 Å². The Balaban J connectivity index is 2.40. The summed E-state index contributed by atoms with van der Waals surface area (Å²) in [6, 6.07) is 0. The van der Waals surface area contributed by atoms with Gasteiger partial charge in [0.15, 0.2) is 0 Å². The summed E-state index contributed by atoms with van der Waals surface area (Å²) in [5.74, 6) is -0.318. The van der Waals surface area contributed by atoms with Crippen LogP contribution in [0.4, 0.5) is 5.00 Å². The van der Waals surface area contributed by atoms with Gasteiger partial charge in [-0.15, -0.1) is 11.3 Å². The average molecular weight is 323 g/mol. The van der Waals surface area contributed by atoms with E-state index < -0.39 is 0 Å². The first-order valence-electron chi connectivity index (χ1n) is 8.13. The molecule has 2 unspecified atom stereocenters. The molecule has 2 N–H and O–H groups in total. The van der Waals surface area contributed by atoms with E-state index in [9.17, 15) is 9.59 Å². The Morgan fingerprint density at radius 3 is 2.77 bits per heavy atom. The van der Waals surface area contributed by atoms with E-state index in [0.29, 0.717) is 17.2 Å². The zero-order valence-corrected chi connectivity index (χ0v) is 14.4. The molecular weight excluding hydrogens is 298 g/mol. The van der Waals surface area contributed by atoms with Gasteiger partial charge in [0.25, 0.3) is 0 Å². The van der Waals surface area contributed by atoms with Crippen molar-refractivity contribution in [3.8, 4) is 0 Å². The Hall–Kier alpha value is -1.36. The number of ether oxygens (including phenoxy) is 1. The molecular formula is C17H25NO3S. The zero-order chi connectivity index (χ0) is 16.3. The molecule has 0 radical (unpaired) electrons. The predicted octanol–water partition coefficient (Wildman–Crippen LogP) is 3.93. The molecule has 1 heterocycles. The Bertz CT molecular complexity index is 564. The Morgan fingerprint density at radius 1 is 1.41 bits per heavy atom. The second kappa shape index (κ2) is 7.27. The van der Waals surface area contributed by atoms with Gasteiger partial charge in [-0.05, 0) is 38.2 Å². The quantitative estimate of drug-likeness (QED) is 0.805. The molecule has 0 spiro atoms. The lowest BCUT2D eigenvalue weighted by Gasteiger charge is -2.25. The van der Waals surface area contributed by atoms with Crippen LogP contribution in [0.15, 0.2) is 0 Å². The predicted molar refractivity (Wildman–Crippen MR) is 89.4 cm³/mol. The smallest absolute Gasteiger partial charge is 0.341 e. The van der Waals surface area contributed by atoms with Crippen molar-refractivity contribution in [2.45, 2.75) is 58.8 Å². The van der Waals surface area contributed by atoms with Crippen LogP contribution in [0.3, 0.4) is 0 Å². The number of anilines is 1. The Labute approximate surface area is 136 Å². The van der Waals surface area contributed by atoms with Crippen molar-refractivity contribution in [3.05, 3.63) is 16.0 Å². The van der Waals surface area contributed by atoms with Gasteiger partial charge in [0.2, 0.25) is 0 Å². The minimum atomic E-state index is -0.389. The number of esters is 1. The summed E-state index contributed by atoms with van der Waals surface area (Å²) >= 11 is 1.44. The Morgan fingerprint density at radius 2 is 2.14 bits per heavy atom. The number of Topliss-reactive ketones (excluding diaryl/α,β-unsaturated/α-hetero) is 1. The van der Waals surface area contributed by atoms with Gasteiger partial charge in [0, 0.05) is 16.7 Å². The van der Waals surface area contributed by atoms with Crippen molar-refractivity contribution < 1.29 is 14.3 Å². The monoisotopic (exact) mass is 323 g/mol. The topological polar surface area (TPSA) is 69.4 Å². The summed E-state index contributed by atoms with van der Waals surface area (Å²) in [4.78, 5) is 26.2. The van der Waals surface area contributed by atoms with Crippen LogP contribution in [-0.4, -0.2) is 18.4 Å². The third kappa shape index (κ3) is 3.19. The van der Waals surface area contributed by atoms with E-state index >= 15 is 0 Å². The van der Waals surface area contributed by atoms with Gasteiger partial charge < -0.3 is 10.5 Å². The zero-order valence-electron chi connectivity index (χ0n) is 13.6. The van der Waals surface area contributed by atoms with E-state index in [2.05, 4.69) is 6.92 Å². The number of nitrogen functional groups attached to an aromatic ring is 1. The van der Waals surface area contributed by atoms with Crippen molar-refractivity contribution in [1.82, 2.24) is 0 Å². The first kappa shape index (κ1) is 17.0. The molecule has 5 heteroatoms. The van der Waals surface area contributed by atoms with E-state index in [1.807, 2.05) is 6.92 Å². The molecule has 0 aromatic carbocycles. The summed E-state index contributed by atoms with van der Waals surface area (Å²) in [5, 5.41) is 0.492. The van der Waals surface area contributed by atoms with E-state index in [1.165, 1.54) is 11.3 Å². The number of thiophene rings is 1. The van der Waals surface area contributed by atoms with Crippen molar-refractivity contribution in [2.75, 3.05) is 12.3 Å². The number of ketones is 1. The van der Waals surface area contributed by atoms with Gasteiger partial charge in [0.1, 0.15) is 10.8 Å². The van der Waals surface area contributed by atoms with Crippen LogP contribution in [0.25, 0.3) is 0 Å². The van der Waals surface area contributed by atoms with Gasteiger partial charge in [0.05, 0.1) is 12.2 Å². The van der Waals surface area contributed by atoms with Crippen molar-refractivity contribution >= 4 is 28.1 Å². The molecule has 4 nitrogen and oxygen atoms in total. The average Bonchev–Trinajstić information content (AvgIpc) is 2.82. The van der Waals surface area contributed by atoms with Crippen LogP contribution >= 0.6 is 11.3 Å². The lowest BCUT2D eigenvalue weighted by Crippen LogP contribution is -2.25. The molecule has 0 bridgehead atoms. The fourth-order valence-electron chi connectivity index (χ4n) is 3.29. The van der Waals surface area contributed by atoms with Gasteiger partial charge in [-0.3, -0.25) is 4.79 Å². The van der Waals surface area contributed by atoms with Crippen LogP contribution in [0.5, 0.6) is 0 Å². The Kier molecular flexibility index (Phi) is 5.62. The number of carbonyl (C=O) groups excluding carboxylic acids is 2. The molecule has 2 atom stereocenters. The van der Waals surface area contributed by atoms with Crippen LogP contribution < -0.4 is 5.73 Å². The summed E-state index contributed by atoms with van der Waals surface area (Å²) < 4.78 is 5.15. The van der Waals surface area contributed by atoms with Crippen LogP contribution in [-0.2, 0) is 16.0 Å². The molecule has 0 saturated carbocycles. The first-order valence-corrected chi connectivity index (χ1v) is 8.94. The van der Waals surface area contributed by atoms with Crippen molar-refractivity contribution in [1.29, 1.82) is 0 Å². The second-order valence-corrected chi connectivity index (χ2v) is 7.07. The summed E-state index contributed by atoms with van der Waals surface area (Å²) in [6.07, 6.45) is 4.56. The molecule has 1 aliphatic carbocycles. The second-order valence-electron chi connectivity index (χ2n) is 5.94. The fraction of sp³-hybridized carbons (Fsp3) is 0.647. The highest BCUT2D eigenvalue weighted by Crippen LogP contribution is 2.44. The number of hydrogen-bond donors (Lipinski definition) is 1. The molecule has 122 valence electrons. The van der Waals surface area contributed by atoms with Crippen LogP contribution in [0.2, 0.25) is 0 Å². The minimum Gasteiger partial charge on any atom is -0.462 e. The maximum Gasteiger partial charge on any atom is 0.341 e. The van der Waals surface area contributed by atoms with Gasteiger partial charge in [-0.25, -0.2) is 4.79 Å². The fourth-order valence-corrected chi connectivity index (χ4v) is 4.45. The van der Waals surface area contributed by atoms with E-state index in [-0.39, 0.29) is 23.6 Å². The van der Waals surface area contributed by atoms with Crippen LogP contribution in [0.1, 0.15) is 73.2 Å². The lowest BCUT2D eigenvalue weighted by atomic mass is 9.78. The molecule has 1 aromatic rings. The third-order valence-corrected chi connectivity index (χ3v) is 5.42. The molecule has 0 fully saturated rings. The highest BCUT2D eigenvalue weighted by atomic mass is 32.1. The standard InChI is InChI=1S/C17H25NO3S/c1-4-7-10(3)15(19)11-8-6-9-12-13(11)14(16(18)22-12)17(20)21-5-2/h10-11H,4-9,18H2,1-3H3. The molecule has 1 aromatic heterocycles. The molecule has 0 saturated heterocycles. The number of rotatable bonds is 6. The highest BCUT2D eigenvalue weighted by molar-refractivity contribution is 7.16.